The van der Waals surface area contributed by atoms with Gasteiger partial charge in [0.1, 0.15) is 0 Å². The van der Waals surface area contributed by atoms with Crippen molar-refractivity contribution < 1.29 is 5.11 Å². The molecule has 2 nitrogen and oxygen atoms in total. The highest BCUT2D eigenvalue weighted by molar-refractivity contribution is 5.34. The summed E-state index contributed by atoms with van der Waals surface area (Å²) in [5.74, 6) is 0. The molecule has 0 aliphatic heterocycles. The summed E-state index contributed by atoms with van der Waals surface area (Å²) in [4.78, 5) is 0. The number of nitrogens with two attached hydrogens (primary N) is 1. The lowest BCUT2D eigenvalue weighted by Gasteiger charge is -2.23. The van der Waals surface area contributed by atoms with Crippen molar-refractivity contribution in [2.75, 3.05) is 0 Å². The molecule has 15 heavy (non-hydrogen) atoms. The summed E-state index contributed by atoms with van der Waals surface area (Å²) in [5.41, 5.74) is 8.70. The maximum absolute atomic E-state index is 10.5. The van der Waals surface area contributed by atoms with Gasteiger partial charge in [-0.1, -0.05) is 18.2 Å². The minimum absolute atomic E-state index is 0.150. The molecular formula is C13H19NO. The van der Waals surface area contributed by atoms with E-state index in [4.69, 9.17) is 5.73 Å². The van der Waals surface area contributed by atoms with E-state index in [0.29, 0.717) is 6.42 Å². The average Bonchev–Trinajstić information content (AvgIpc) is 2.52. The van der Waals surface area contributed by atoms with E-state index in [-0.39, 0.29) is 6.04 Å². The van der Waals surface area contributed by atoms with Crippen LogP contribution < -0.4 is 5.73 Å². The first-order valence-electron chi connectivity index (χ1n) is 5.57. The van der Waals surface area contributed by atoms with Gasteiger partial charge in [0.15, 0.2) is 0 Å². The number of hydrogen-bond acceptors (Lipinski definition) is 2. The first kappa shape index (κ1) is 10.7. The van der Waals surface area contributed by atoms with Crippen molar-refractivity contribution in [2.45, 2.75) is 44.8 Å². The number of aliphatic hydroxyl groups is 1. The molecule has 0 heterocycles. The molecule has 1 aromatic rings. The van der Waals surface area contributed by atoms with E-state index in [1.807, 2.05) is 6.07 Å². The fourth-order valence-corrected chi connectivity index (χ4v) is 2.36. The van der Waals surface area contributed by atoms with Gasteiger partial charge in [0.2, 0.25) is 0 Å². The van der Waals surface area contributed by atoms with Crippen molar-refractivity contribution in [1.82, 2.24) is 0 Å². The summed E-state index contributed by atoms with van der Waals surface area (Å²) in [6, 6.07) is 6.34. The summed E-state index contributed by atoms with van der Waals surface area (Å²) >= 11 is 0. The Labute approximate surface area is 91.1 Å². The van der Waals surface area contributed by atoms with Crippen molar-refractivity contribution in [3.8, 4) is 0 Å². The van der Waals surface area contributed by atoms with Crippen LogP contribution in [-0.4, -0.2) is 11.1 Å². The van der Waals surface area contributed by atoms with E-state index in [2.05, 4.69) is 26.0 Å². The second kappa shape index (κ2) is 3.62. The van der Waals surface area contributed by atoms with Gasteiger partial charge >= 0.3 is 0 Å². The molecule has 0 bridgehead atoms. The summed E-state index contributed by atoms with van der Waals surface area (Å²) in [6.45, 7) is 4.17. The monoisotopic (exact) mass is 205 g/mol. The maximum Gasteiger partial charge on any atom is 0.0912 e. The topological polar surface area (TPSA) is 46.2 Å². The maximum atomic E-state index is 10.5. The zero-order chi connectivity index (χ0) is 11.1. The van der Waals surface area contributed by atoms with Gasteiger partial charge in [0.25, 0.3) is 0 Å². The van der Waals surface area contributed by atoms with Crippen LogP contribution in [0.1, 0.15) is 36.0 Å². The van der Waals surface area contributed by atoms with Gasteiger partial charge < -0.3 is 10.8 Å². The molecule has 3 N–H and O–H groups in total. The number of aryl methyl sites for hydroxylation is 2. The minimum atomic E-state index is -0.683. The summed E-state index contributed by atoms with van der Waals surface area (Å²) in [6.07, 6.45) is 2.40. The molecule has 1 fully saturated rings. The quantitative estimate of drug-likeness (QED) is 0.736. The van der Waals surface area contributed by atoms with Gasteiger partial charge in [-0.2, -0.15) is 0 Å². The molecule has 1 aliphatic rings. The number of benzene rings is 1. The molecule has 2 rings (SSSR count). The van der Waals surface area contributed by atoms with Gasteiger partial charge in [0.05, 0.1) is 5.60 Å². The molecule has 0 saturated heterocycles. The third kappa shape index (κ3) is 1.92. The number of rotatable bonds is 1. The normalized spacial score (nSPS) is 30.8. The van der Waals surface area contributed by atoms with Crippen LogP contribution in [0.4, 0.5) is 0 Å². The number of hydrogen-bond donors (Lipinski definition) is 2. The third-order valence-corrected chi connectivity index (χ3v) is 3.57. The molecule has 1 aromatic carbocycles. The molecule has 0 spiro atoms. The lowest BCUT2D eigenvalue weighted by Crippen LogP contribution is -2.25. The van der Waals surface area contributed by atoms with Gasteiger partial charge in [0, 0.05) is 6.04 Å². The highest BCUT2D eigenvalue weighted by Gasteiger charge is 2.37. The van der Waals surface area contributed by atoms with Gasteiger partial charge in [-0.15, -0.1) is 0 Å². The predicted molar refractivity (Wildman–Crippen MR) is 61.6 cm³/mol. The van der Waals surface area contributed by atoms with Gasteiger partial charge in [-0.3, -0.25) is 0 Å². The Morgan fingerprint density at radius 3 is 2.60 bits per heavy atom. The van der Waals surface area contributed by atoms with Crippen LogP contribution in [-0.2, 0) is 5.60 Å². The van der Waals surface area contributed by atoms with Crippen LogP contribution in [0.25, 0.3) is 0 Å². The molecule has 0 amide bonds. The second-order valence-corrected chi connectivity index (χ2v) is 4.83. The van der Waals surface area contributed by atoms with E-state index >= 15 is 0 Å². The Kier molecular flexibility index (Phi) is 2.57. The third-order valence-electron chi connectivity index (χ3n) is 3.57. The molecule has 2 unspecified atom stereocenters. The fourth-order valence-electron chi connectivity index (χ4n) is 2.36. The molecular weight excluding hydrogens is 186 g/mol. The van der Waals surface area contributed by atoms with Crippen LogP contribution in [0, 0.1) is 13.8 Å². The van der Waals surface area contributed by atoms with Gasteiger partial charge in [-0.25, -0.2) is 0 Å². The Bertz CT molecular complexity index is 375. The smallest absolute Gasteiger partial charge is 0.0912 e. The van der Waals surface area contributed by atoms with E-state index in [0.717, 1.165) is 18.4 Å². The molecule has 2 heteroatoms. The fraction of sp³-hybridized carbons (Fsp3) is 0.538. The molecule has 0 aromatic heterocycles. The highest BCUT2D eigenvalue weighted by atomic mass is 16.3. The molecule has 0 radical (unpaired) electrons. The SMILES string of the molecule is Cc1ccc(C2(O)CCC(N)C2)cc1C. The van der Waals surface area contributed by atoms with Crippen molar-refractivity contribution in [2.24, 2.45) is 5.73 Å². The molecule has 1 saturated carbocycles. The molecule has 1 aliphatic carbocycles. The van der Waals surface area contributed by atoms with Crippen LogP contribution >= 0.6 is 0 Å². The van der Waals surface area contributed by atoms with Crippen LogP contribution in [0.2, 0.25) is 0 Å². The zero-order valence-electron chi connectivity index (χ0n) is 9.46. The predicted octanol–water partition coefficient (Wildman–Crippen LogP) is 2.00. The zero-order valence-corrected chi connectivity index (χ0v) is 9.46. The second-order valence-electron chi connectivity index (χ2n) is 4.83. The van der Waals surface area contributed by atoms with E-state index in [1.54, 1.807) is 0 Å². The summed E-state index contributed by atoms with van der Waals surface area (Å²) < 4.78 is 0. The van der Waals surface area contributed by atoms with Crippen molar-refractivity contribution in [1.29, 1.82) is 0 Å². The summed E-state index contributed by atoms with van der Waals surface area (Å²) in [7, 11) is 0. The highest BCUT2D eigenvalue weighted by Crippen LogP contribution is 2.38. The van der Waals surface area contributed by atoms with Crippen molar-refractivity contribution >= 4 is 0 Å². The standard InChI is InChI=1S/C13H19NO/c1-9-3-4-11(7-10(9)2)13(15)6-5-12(14)8-13/h3-4,7,12,15H,5-6,8,14H2,1-2H3. The van der Waals surface area contributed by atoms with Crippen LogP contribution in [0.15, 0.2) is 18.2 Å². The first-order valence-corrected chi connectivity index (χ1v) is 5.57. The first-order chi connectivity index (χ1) is 7.01. The minimum Gasteiger partial charge on any atom is -0.385 e. The Hall–Kier alpha value is -0.860. The van der Waals surface area contributed by atoms with Gasteiger partial charge in [-0.05, 0) is 49.8 Å². The molecule has 82 valence electrons. The lowest BCUT2D eigenvalue weighted by atomic mass is 9.90. The Balaban J connectivity index is 2.33. The van der Waals surface area contributed by atoms with Crippen molar-refractivity contribution in [3.05, 3.63) is 34.9 Å². The van der Waals surface area contributed by atoms with Crippen molar-refractivity contribution in [3.63, 3.8) is 0 Å². The van der Waals surface area contributed by atoms with Crippen LogP contribution in [0.3, 0.4) is 0 Å². The summed E-state index contributed by atoms with van der Waals surface area (Å²) in [5, 5.41) is 10.5. The lowest BCUT2D eigenvalue weighted by molar-refractivity contribution is 0.0430. The van der Waals surface area contributed by atoms with E-state index in [1.165, 1.54) is 11.1 Å². The van der Waals surface area contributed by atoms with E-state index < -0.39 is 5.60 Å². The van der Waals surface area contributed by atoms with E-state index in [9.17, 15) is 5.11 Å². The molecule has 2 atom stereocenters. The Morgan fingerprint density at radius 1 is 1.33 bits per heavy atom. The average molecular weight is 205 g/mol. The largest absolute Gasteiger partial charge is 0.385 e. The Morgan fingerprint density at radius 2 is 2.07 bits per heavy atom. The van der Waals surface area contributed by atoms with Crippen LogP contribution in [0.5, 0.6) is 0 Å².